The summed E-state index contributed by atoms with van der Waals surface area (Å²) in [6.07, 6.45) is 0.991. The highest BCUT2D eigenvalue weighted by atomic mass is 32.2. The van der Waals surface area contributed by atoms with Crippen LogP contribution in [0.15, 0.2) is 33.7 Å². The summed E-state index contributed by atoms with van der Waals surface area (Å²) in [5, 5.41) is 3.68. The lowest BCUT2D eigenvalue weighted by Crippen LogP contribution is -2.46. The molecular formula is C17H20FN3O4S. The van der Waals surface area contributed by atoms with Gasteiger partial charge >= 0.3 is 0 Å². The quantitative estimate of drug-likeness (QED) is 0.875. The van der Waals surface area contributed by atoms with Gasteiger partial charge in [-0.15, -0.1) is 0 Å². The van der Waals surface area contributed by atoms with E-state index in [2.05, 4.69) is 9.88 Å². The highest BCUT2D eigenvalue weighted by molar-refractivity contribution is 7.89. The molecule has 1 N–H and O–H groups in total. The van der Waals surface area contributed by atoms with E-state index in [1.807, 2.05) is 0 Å². The summed E-state index contributed by atoms with van der Waals surface area (Å²) >= 11 is 0. The number of amides is 1. The maximum Gasteiger partial charge on any atom is 0.253 e. The zero-order valence-electron chi connectivity index (χ0n) is 14.5. The van der Waals surface area contributed by atoms with E-state index < -0.39 is 15.8 Å². The van der Waals surface area contributed by atoms with E-state index in [1.54, 1.807) is 18.7 Å². The Morgan fingerprint density at radius 1 is 1.23 bits per heavy atom. The fourth-order valence-electron chi connectivity index (χ4n) is 3.11. The van der Waals surface area contributed by atoms with E-state index in [0.717, 1.165) is 0 Å². The molecule has 1 aromatic heterocycles. The predicted octanol–water partition coefficient (Wildman–Crippen LogP) is 2.01. The first-order valence-corrected chi connectivity index (χ1v) is 9.76. The lowest BCUT2D eigenvalue weighted by atomic mass is 10.0. The molecule has 0 unspecified atom stereocenters. The van der Waals surface area contributed by atoms with Crippen molar-refractivity contribution in [3.8, 4) is 0 Å². The molecule has 1 aromatic carbocycles. The SMILES string of the molecule is Cc1noc(C)c1S(=O)(=O)NC1CCN(C(=O)c2ccc(F)cc2)CC1. The molecule has 7 nitrogen and oxygen atoms in total. The number of aromatic nitrogens is 1. The van der Waals surface area contributed by atoms with E-state index >= 15 is 0 Å². The smallest absolute Gasteiger partial charge is 0.253 e. The number of piperidine rings is 1. The number of sulfonamides is 1. The first-order valence-electron chi connectivity index (χ1n) is 8.28. The second-order valence-electron chi connectivity index (χ2n) is 6.35. The van der Waals surface area contributed by atoms with Crippen LogP contribution in [0, 0.1) is 19.7 Å². The molecule has 0 bridgehead atoms. The van der Waals surface area contributed by atoms with Crippen molar-refractivity contribution in [1.29, 1.82) is 0 Å². The van der Waals surface area contributed by atoms with Crippen LogP contribution < -0.4 is 4.72 Å². The van der Waals surface area contributed by atoms with Crippen LogP contribution >= 0.6 is 0 Å². The number of nitrogens with one attached hydrogen (secondary N) is 1. The molecule has 1 aliphatic heterocycles. The molecule has 2 heterocycles. The van der Waals surface area contributed by atoms with Gasteiger partial charge in [0.25, 0.3) is 5.91 Å². The monoisotopic (exact) mass is 381 g/mol. The van der Waals surface area contributed by atoms with E-state index in [0.29, 0.717) is 37.2 Å². The third-order valence-corrected chi connectivity index (χ3v) is 6.20. The van der Waals surface area contributed by atoms with Crippen LogP contribution in [0.4, 0.5) is 4.39 Å². The molecule has 140 valence electrons. The molecule has 0 radical (unpaired) electrons. The van der Waals surface area contributed by atoms with Crippen LogP contribution in [0.2, 0.25) is 0 Å². The Hall–Kier alpha value is -2.26. The minimum atomic E-state index is -3.72. The van der Waals surface area contributed by atoms with Crippen molar-refractivity contribution in [2.24, 2.45) is 0 Å². The van der Waals surface area contributed by atoms with Crippen LogP contribution in [0.1, 0.15) is 34.7 Å². The summed E-state index contributed by atoms with van der Waals surface area (Å²) in [6.45, 7) is 3.98. The highest BCUT2D eigenvalue weighted by Crippen LogP contribution is 2.21. The maximum absolute atomic E-state index is 13.0. The van der Waals surface area contributed by atoms with E-state index in [9.17, 15) is 17.6 Å². The Bertz CT molecular complexity index is 881. The van der Waals surface area contributed by atoms with Crippen LogP contribution in [-0.4, -0.2) is 43.5 Å². The average Bonchev–Trinajstić information content (AvgIpc) is 2.95. The number of benzene rings is 1. The summed E-state index contributed by atoms with van der Waals surface area (Å²) in [7, 11) is -3.72. The van der Waals surface area contributed by atoms with Gasteiger partial charge in [0.1, 0.15) is 16.4 Å². The third-order valence-electron chi connectivity index (χ3n) is 4.43. The second kappa shape index (κ2) is 7.16. The Kier molecular flexibility index (Phi) is 5.10. The van der Waals surface area contributed by atoms with Crippen LogP contribution in [0.3, 0.4) is 0 Å². The molecular weight excluding hydrogens is 361 g/mol. The Morgan fingerprint density at radius 2 is 1.85 bits per heavy atom. The Labute approximate surface area is 151 Å². The molecule has 0 atom stereocenters. The van der Waals surface area contributed by atoms with Crippen molar-refractivity contribution < 1.29 is 22.1 Å². The van der Waals surface area contributed by atoms with Crippen molar-refractivity contribution in [2.45, 2.75) is 37.6 Å². The zero-order chi connectivity index (χ0) is 18.9. The lowest BCUT2D eigenvalue weighted by Gasteiger charge is -2.32. The van der Waals surface area contributed by atoms with E-state index in [1.165, 1.54) is 24.3 Å². The second-order valence-corrected chi connectivity index (χ2v) is 8.00. The highest BCUT2D eigenvalue weighted by Gasteiger charge is 2.30. The average molecular weight is 381 g/mol. The third kappa shape index (κ3) is 3.78. The summed E-state index contributed by atoms with van der Waals surface area (Å²) < 4.78 is 45.7. The molecule has 3 rings (SSSR count). The van der Waals surface area contributed by atoms with Gasteiger partial charge in [-0.05, 0) is 51.0 Å². The van der Waals surface area contributed by atoms with Gasteiger partial charge in [0.2, 0.25) is 10.0 Å². The number of carbonyl (C=O) groups is 1. The van der Waals surface area contributed by atoms with Crippen molar-refractivity contribution in [2.75, 3.05) is 13.1 Å². The van der Waals surface area contributed by atoms with Crippen molar-refractivity contribution in [3.05, 3.63) is 47.1 Å². The number of rotatable bonds is 4. The van der Waals surface area contributed by atoms with Crippen molar-refractivity contribution >= 4 is 15.9 Å². The van der Waals surface area contributed by atoms with Gasteiger partial charge in [-0.3, -0.25) is 4.79 Å². The van der Waals surface area contributed by atoms with Gasteiger partial charge < -0.3 is 9.42 Å². The van der Waals surface area contributed by atoms with Crippen LogP contribution in [0.25, 0.3) is 0 Å². The minimum Gasteiger partial charge on any atom is -0.360 e. The first-order chi connectivity index (χ1) is 12.3. The molecule has 26 heavy (non-hydrogen) atoms. The molecule has 0 spiro atoms. The number of nitrogens with zero attached hydrogens (tertiary/aromatic N) is 2. The standard InChI is InChI=1S/C17H20FN3O4S/c1-11-16(12(2)25-19-11)26(23,24)20-15-7-9-21(10-8-15)17(22)13-3-5-14(18)6-4-13/h3-6,15,20H,7-10H2,1-2H3. The summed E-state index contributed by atoms with van der Waals surface area (Å²) in [5.41, 5.74) is 0.736. The van der Waals surface area contributed by atoms with Crippen LogP contribution in [0.5, 0.6) is 0 Å². The number of carbonyl (C=O) groups excluding carboxylic acids is 1. The topological polar surface area (TPSA) is 92.5 Å². The number of halogens is 1. The minimum absolute atomic E-state index is 0.0716. The largest absolute Gasteiger partial charge is 0.360 e. The number of hydrogen-bond donors (Lipinski definition) is 1. The van der Waals surface area contributed by atoms with Gasteiger partial charge in [0, 0.05) is 24.7 Å². The zero-order valence-corrected chi connectivity index (χ0v) is 15.3. The molecule has 1 aliphatic rings. The van der Waals surface area contributed by atoms with E-state index in [-0.39, 0.29) is 22.6 Å². The van der Waals surface area contributed by atoms with Crippen molar-refractivity contribution in [3.63, 3.8) is 0 Å². The Morgan fingerprint density at radius 3 is 2.38 bits per heavy atom. The molecule has 0 saturated carbocycles. The normalized spacial score (nSPS) is 16.0. The molecule has 1 fully saturated rings. The van der Waals surface area contributed by atoms with Gasteiger partial charge in [0.15, 0.2) is 5.76 Å². The fraction of sp³-hybridized carbons (Fsp3) is 0.412. The maximum atomic E-state index is 13.0. The van der Waals surface area contributed by atoms with Gasteiger partial charge in [-0.25, -0.2) is 17.5 Å². The van der Waals surface area contributed by atoms with Crippen LogP contribution in [-0.2, 0) is 10.0 Å². The molecule has 1 saturated heterocycles. The summed E-state index contributed by atoms with van der Waals surface area (Å²) in [4.78, 5) is 14.1. The number of likely N-dealkylation sites (tertiary alicyclic amines) is 1. The fourth-order valence-corrected chi connectivity index (χ4v) is 4.75. The van der Waals surface area contributed by atoms with Gasteiger partial charge in [0.05, 0.1) is 0 Å². The molecule has 1 amide bonds. The Balaban J connectivity index is 1.62. The number of aryl methyl sites for hydroxylation is 2. The first kappa shape index (κ1) is 18.5. The van der Waals surface area contributed by atoms with E-state index in [4.69, 9.17) is 4.52 Å². The van der Waals surface area contributed by atoms with Gasteiger partial charge in [-0.2, -0.15) is 0 Å². The molecule has 2 aromatic rings. The number of hydrogen-bond acceptors (Lipinski definition) is 5. The van der Waals surface area contributed by atoms with Gasteiger partial charge in [-0.1, -0.05) is 5.16 Å². The molecule has 9 heteroatoms. The van der Waals surface area contributed by atoms with Crippen molar-refractivity contribution in [1.82, 2.24) is 14.8 Å². The molecule has 0 aliphatic carbocycles. The lowest BCUT2D eigenvalue weighted by molar-refractivity contribution is 0.0711. The predicted molar refractivity (Wildman–Crippen MR) is 91.6 cm³/mol. The summed E-state index contributed by atoms with van der Waals surface area (Å²) in [5.74, 6) is -0.329. The summed E-state index contributed by atoms with van der Waals surface area (Å²) in [6, 6.07) is 5.12.